The van der Waals surface area contributed by atoms with Crippen LogP contribution in [0, 0.1) is 5.92 Å². The number of aromatic nitrogens is 1. The SMILES string of the molecule is O=C(NCCCNC(=O)c1ccc(CNC[C@H](O)c2ccc(O)c3[nH]c(=O)ccc23)cc1)Nc1cccc(C(O)(C(=O)OCC2CCN(Cc3ccccc3)CC2)c2ccccc2)c1. The number of phenolic OH excluding ortho intramolecular Hbond substituents is 1. The molecule has 0 saturated carbocycles. The minimum absolute atomic E-state index is 0.0755. The molecule has 0 bridgehead atoms. The fourth-order valence-electron chi connectivity index (χ4n) is 7.91. The number of likely N-dealkylation sites (tertiary alicyclic amines) is 1. The molecule has 1 saturated heterocycles. The number of aromatic amines is 1. The maximum Gasteiger partial charge on any atom is 0.347 e. The van der Waals surface area contributed by atoms with Crippen molar-refractivity contribution in [2.24, 2.45) is 5.92 Å². The van der Waals surface area contributed by atoms with Crippen LogP contribution in [-0.2, 0) is 28.2 Å². The molecule has 64 heavy (non-hydrogen) atoms. The number of carbonyl (C=O) groups excluding carboxylic acids is 3. The number of carbonyl (C=O) groups is 3. The number of esters is 1. The zero-order valence-electron chi connectivity index (χ0n) is 35.5. The number of benzene rings is 5. The second-order valence-electron chi connectivity index (χ2n) is 16.1. The Morgan fingerprint density at radius 2 is 1.50 bits per heavy atom. The summed E-state index contributed by atoms with van der Waals surface area (Å²) in [6.07, 6.45) is 1.32. The number of hydrogen-bond acceptors (Lipinski definition) is 10. The van der Waals surface area contributed by atoms with Crippen LogP contribution in [0.5, 0.6) is 5.75 Å². The van der Waals surface area contributed by atoms with Crippen LogP contribution < -0.4 is 26.8 Å². The lowest BCUT2D eigenvalue weighted by Gasteiger charge is -2.33. The summed E-state index contributed by atoms with van der Waals surface area (Å²) >= 11 is 0. The van der Waals surface area contributed by atoms with Crippen molar-refractivity contribution in [2.75, 3.05) is 44.6 Å². The Balaban J connectivity index is 0.834. The number of nitrogens with zero attached hydrogens (tertiary/aromatic N) is 1. The summed E-state index contributed by atoms with van der Waals surface area (Å²) < 4.78 is 5.85. The zero-order valence-corrected chi connectivity index (χ0v) is 35.5. The Labute approximate surface area is 371 Å². The summed E-state index contributed by atoms with van der Waals surface area (Å²) in [7, 11) is 0. The van der Waals surface area contributed by atoms with Gasteiger partial charge in [0.05, 0.1) is 18.2 Å². The lowest BCUT2D eigenvalue weighted by Crippen LogP contribution is -2.40. The summed E-state index contributed by atoms with van der Waals surface area (Å²) in [5.41, 5.74) is 1.98. The number of anilines is 1. The number of phenols is 1. The molecule has 0 radical (unpaired) electrons. The van der Waals surface area contributed by atoms with Gasteiger partial charge in [-0.15, -0.1) is 0 Å². The molecule has 1 aliphatic heterocycles. The van der Waals surface area contributed by atoms with Crippen molar-refractivity contribution in [3.05, 3.63) is 177 Å². The second kappa shape index (κ2) is 21.5. The molecule has 8 N–H and O–H groups in total. The summed E-state index contributed by atoms with van der Waals surface area (Å²) in [4.78, 5) is 56.2. The molecule has 0 aliphatic carbocycles. The highest BCUT2D eigenvalue weighted by atomic mass is 16.5. The predicted octanol–water partition coefficient (Wildman–Crippen LogP) is 5.69. The van der Waals surface area contributed by atoms with E-state index in [1.807, 2.05) is 30.3 Å². The van der Waals surface area contributed by atoms with Crippen LogP contribution in [-0.4, -0.2) is 82.4 Å². The van der Waals surface area contributed by atoms with E-state index < -0.39 is 23.7 Å². The number of H-pyrrole nitrogens is 1. The summed E-state index contributed by atoms with van der Waals surface area (Å²) in [5, 5.41) is 45.2. The Kier molecular flexibility index (Phi) is 15.2. The van der Waals surface area contributed by atoms with Crippen LogP contribution in [0.25, 0.3) is 10.9 Å². The third kappa shape index (κ3) is 11.6. The maximum atomic E-state index is 13.8. The van der Waals surface area contributed by atoms with E-state index in [1.165, 1.54) is 17.7 Å². The first-order valence-electron chi connectivity index (χ1n) is 21.5. The number of ether oxygens (including phenoxy) is 1. The van der Waals surface area contributed by atoms with Gasteiger partial charge in [-0.25, -0.2) is 9.59 Å². The van der Waals surface area contributed by atoms with Crippen molar-refractivity contribution in [3.63, 3.8) is 0 Å². The Hall–Kier alpha value is -6.84. The molecule has 14 nitrogen and oxygen atoms in total. The van der Waals surface area contributed by atoms with Crippen LogP contribution in [0.3, 0.4) is 0 Å². The fourth-order valence-corrected chi connectivity index (χ4v) is 7.91. The normalized spacial score (nSPS) is 14.6. The van der Waals surface area contributed by atoms with Gasteiger partial charge >= 0.3 is 12.0 Å². The maximum absolute atomic E-state index is 13.8. The van der Waals surface area contributed by atoms with E-state index in [4.69, 9.17) is 4.74 Å². The number of aliphatic hydroxyl groups is 2. The topological polar surface area (TPSA) is 205 Å². The largest absolute Gasteiger partial charge is 0.506 e. The van der Waals surface area contributed by atoms with Crippen LogP contribution in [0.2, 0.25) is 0 Å². The van der Waals surface area contributed by atoms with Gasteiger partial charge in [0.25, 0.3) is 5.91 Å². The van der Waals surface area contributed by atoms with E-state index in [0.29, 0.717) is 47.3 Å². The van der Waals surface area contributed by atoms with E-state index in [1.54, 1.807) is 78.9 Å². The van der Waals surface area contributed by atoms with E-state index in [0.717, 1.165) is 38.0 Å². The molecule has 332 valence electrons. The van der Waals surface area contributed by atoms with Gasteiger partial charge in [-0.3, -0.25) is 14.5 Å². The molecule has 1 unspecified atom stereocenters. The molecule has 6 aromatic rings. The number of fused-ring (bicyclic) bond motifs is 1. The quantitative estimate of drug-likeness (QED) is 0.0392. The molecular formula is C50H54N6O8. The first-order chi connectivity index (χ1) is 31.1. The van der Waals surface area contributed by atoms with Crippen molar-refractivity contribution in [2.45, 2.75) is 44.1 Å². The van der Waals surface area contributed by atoms with Crippen LogP contribution >= 0.6 is 0 Å². The third-order valence-electron chi connectivity index (χ3n) is 11.5. The number of aromatic hydroxyl groups is 1. The Morgan fingerprint density at radius 1 is 0.797 bits per heavy atom. The molecule has 14 heteroatoms. The number of hydrogen-bond donors (Lipinski definition) is 8. The van der Waals surface area contributed by atoms with E-state index in [-0.39, 0.29) is 53.9 Å². The minimum Gasteiger partial charge on any atom is -0.506 e. The smallest absolute Gasteiger partial charge is 0.347 e. The zero-order chi connectivity index (χ0) is 44.9. The Morgan fingerprint density at radius 3 is 2.25 bits per heavy atom. The molecule has 2 heterocycles. The van der Waals surface area contributed by atoms with E-state index in [9.17, 15) is 34.5 Å². The lowest BCUT2D eigenvalue weighted by atomic mass is 9.86. The van der Waals surface area contributed by atoms with Gasteiger partial charge in [0.15, 0.2) is 0 Å². The standard InChI is InChI=1S/C50H54N6O8/c57-43-21-19-41(42-20-22-45(59)55-46(42)43)44(58)31-51-30-34-15-17-37(18-16-34)47(60)52-25-8-26-53-49(62)54-40-14-7-13-39(29-40)50(63,38-11-5-2-6-12-38)48(61)64-33-36-23-27-56(28-24-36)32-35-9-3-1-4-10-35/h1-7,9-22,29,36,44,51,57-58,63H,8,23-28,30-33H2,(H,52,60)(H,55,59)(H2,53,54,62)/t44-,50?/m0/s1. The number of nitrogens with one attached hydrogen (secondary N) is 5. The van der Waals surface area contributed by atoms with Gasteiger partial charge in [-0.05, 0) is 96.9 Å². The van der Waals surface area contributed by atoms with Crippen molar-refractivity contribution < 1.29 is 34.4 Å². The molecule has 5 aromatic carbocycles. The lowest BCUT2D eigenvalue weighted by molar-refractivity contribution is -0.164. The third-order valence-corrected chi connectivity index (χ3v) is 11.5. The average molecular weight is 867 g/mol. The average Bonchev–Trinajstić information content (AvgIpc) is 3.32. The highest BCUT2D eigenvalue weighted by Gasteiger charge is 2.42. The van der Waals surface area contributed by atoms with E-state index >= 15 is 0 Å². The first kappa shape index (κ1) is 45.2. The number of piperidine rings is 1. The number of amides is 3. The van der Waals surface area contributed by atoms with Crippen LogP contribution in [0.1, 0.15) is 63.5 Å². The summed E-state index contributed by atoms with van der Waals surface area (Å²) in [5.74, 6) is -0.944. The molecule has 1 aliphatic rings. The van der Waals surface area contributed by atoms with Crippen molar-refractivity contribution in [1.82, 2.24) is 25.8 Å². The molecule has 3 amide bonds. The molecular weight excluding hydrogens is 813 g/mol. The molecule has 2 atom stereocenters. The number of aliphatic hydroxyl groups excluding tert-OH is 1. The number of pyridine rings is 1. The van der Waals surface area contributed by atoms with Gasteiger partial charge in [0.2, 0.25) is 11.2 Å². The highest BCUT2D eigenvalue weighted by molar-refractivity contribution is 5.94. The van der Waals surface area contributed by atoms with Gasteiger partial charge < -0.3 is 46.3 Å². The van der Waals surface area contributed by atoms with Gasteiger partial charge in [0, 0.05) is 61.0 Å². The van der Waals surface area contributed by atoms with Crippen molar-refractivity contribution in [3.8, 4) is 5.75 Å². The number of urea groups is 1. The van der Waals surface area contributed by atoms with Crippen molar-refractivity contribution in [1.29, 1.82) is 0 Å². The molecule has 7 rings (SSSR count). The van der Waals surface area contributed by atoms with Gasteiger partial charge in [-0.1, -0.05) is 91.0 Å². The summed E-state index contributed by atoms with van der Waals surface area (Å²) in [6.45, 7) is 4.09. The van der Waals surface area contributed by atoms with Gasteiger partial charge in [0.1, 0.15) is 5.75 Å². The molecule has 1 aromatic heterocycles. The summed E-state index contributed by atoms with van der Waals surface area (Å²) in [6, 6.07) is 38.0. The molecule has 0 spiro atoms. The van der Waals surface area contributed by atoms with Gasteiger partial charge in [-0.2, -0.15) is 0 Å². The minimum atomic E-state index is -2.11. The number of rotatable bonds is 18. The van der Waals surface area contributed by atoms with Crippen LogP contribution in [0.15, 0.2) is 138 Å². The monoisotopic (exact) mass is 866 g/mol. The molecule has 1 fully saturated rings. The second-order valence-corrected chi connectivity index (χ2v) is 16.1. The van der Waals surface area contributed by atoms with Crippen molar-refractivity contribution >= 4 is 34.5 Å². The Bertz CT molecular complexity index is 2560. The predicted molar refractivity (Wildman–Crippen MR) is 245 cm³/mol. The van der Waals surface area contributed by atoms with E-state index in [2.05, 4.69) is 43.3 Å². The highest BCUT2D eigenvalue weighted by Crippen LogP contribution is 2.34. The fraction of sp³-hybridized carbons (Fsp3) is 0.280. The van der Waals surface area contributed by atoms with Crippen LogP contribution in [0.4, 0.5) is 10.5 Å². The first-order valence-corrected chi connectivity index (χ1v) is 21.5.